The summed E-state index contributed by atoms with van der Waals surface area (Å²) in [5, 5.41) is 43.5. The van der Waals surface area contributed by atoms with E-state index in [1.165, 1.54) is 0 Å². The minimum atomic E-state index is -1.79. The van der Waals surface area contributed by atoms with Gasteiger partial charge in [0.1, 0.15) is 24.4 Å². The second kappa shape index (κ2) is 9.23. The molecule has 1 aromatic rings. The number of nitrogens with two attached hydrogens (primary N) is 2. The van der Waals surface area contributed by atoms with Crippen molar-refractivity contribution >= 4 is 17.7 Å². The maximum absolute atomic E-state index is 9.90. The first kappa shape index (κ1) is 18.3. The highest BCUT2D eigenvalue weighted by molar-refractivity contribution is 5.62. The Kier molecular flexibility index (Phi) is 8.45. The maximum atomic E-state index is 9.90. The van der Waals surface area contributed by atoms with E-state index in [2.05, 4.69) is 0 Å². The molecule has 114 valence electrons. The van der Waals surface area contributed by atoms with Crippen LogP contribution in [0.2, 0.25) is 0 Å². The number of rotatable bonds is 5. The molecular formula is C12H20N2O6. The molecule has 0 heterocycles. The van der Waals surface area contributed by atoms with Crippen molar-refractivity contribution in [3.63, 3.8) is 0 Å². The van der Waals surface area contributed by atoms with Gasteiger partial charge in [-0.3, -0.25) is 0 Å². The molecule has 4 atom stereocenters. The second-order valence-electron chi connectivity index (χ2n) is 3.99. The monoisotopic (exact) mass is 288 g/mol. The average Bonchev–Trinajstić information content (AvgIpc) is 2.47. The standard InChI is InChI=1S/C6H8N2.C6H12O6/c7-5-3-1-2-4-6(5)8;7-1-3(9)5(11)6(12)4(10)2-8/h1-4H,7-8H2;1,3-6,8-12H,2H2/t;3-,4+,5+,6+/m.0/s1. The van der Waals surface area contributed by atoms with Gasteiger partial charge in [0.2, 0.25) is 0 Å². The quantitative estimate of drug-likeness (QED) is 0.230. The van der Waals surface area contributed by atoms with Gasteiger partial charge in [0.25, 0.3) is 0 Å². The Balaban J connectivity index is 0.000000388. The third kappa shape index (κ3) is 5.95. The summed E-state index contributed by atoms with van der Waals surface area (Å²) < 4.78 is 0. The molecule has 0 aliphatic heterocycles. The van der Waals surface area contributed by atoms with Gasteiger partial charge in [0, 0.05) is 0 Å². The first-order valence-electron chi connectivity index (χ1n) is 5.73. The molecule has 0 unspecified atom stereocenters. The van der Waals surface area contributed by atoms with Crippen LogP contribution in [0, 0.1) is 0 Å². The summed E-state index contributed by atoms with van der Waals surface area (Å²) in [6.07, 6.45) is -6.84. The SMILES string of the molecule is Nc1ccccc1N.O=C[C@H](O)[C@@H](O)[C@H](O)[C@H](O)CO. The van der Waals surface area contributed by atoms with E-state index in [0.29, 0.717) is 11.4 Å². The smallest absolute Gasteiger partial charge is 0.151 e. The topological polar surface area (TPSA) is 170 Å². The number of carbonyl (C=O) groups excluding carboxylic acids is 1. The van der Waals surface area contributed by atoms with Crippen LogP contribution in [0.4, 0.5) is 11.4 Å². The molecule has 0 aliphatic rings. The molecule has 0 saturated heterocycles. The molecule has 9 N–H and O–H groups in total. The fourth-order valence-electron chi connectivity index (χ4n) is 1.13. The Morgan fingerprint density at radius 3 is 1.75 bits per heavy atom. The Bertz CT molecular complexity index is 382. The molecule has 0 radical (unpaired) electrons. The molecule has 0 aromatic heterocycles. The number of aliphatic hydroxyl groups is 5. The van der Waals surface area contributed by atoms with E-state index in [9.17, 15) is 4.79 Å². The molecule has 0 aliphatic carbocycles. The van der Waals surface area contributed by atoms with Crippen molar-refractivity contribution in [2.24, 2.45) is 0 Å². The zero-order chi connectivity index (χ0) is 15.7. The molecule has 8 heteroatoms. The van der Waals surface area contributed by atoms with Crippen LogP contribution in [0.3, 0.4) is 0 Å². The average molecular weight is 288 g/mol. The molecule has 0 spiro atoms. The van der Waals surface area contributed by atoms with Crippen molar-refractivity contribution < 1.29 is 30.3 Å². The molecule has 0 amide bonds. The minimum absolute atomic E-state index is 0.0258. The lowest BCUT2D eigenvalue weighted by Gasteiger charge is -2.22. The summed E-state index contributed by atoms with van der Waals surface area (Å²) in [7, 11) is 0. The molecule has 1 aromatic carbocycles. The van der Waals surface area contributed by atoms with Crippen LogP contribution in [0.5, 0.6) is 0 Å². The van der Waals surface area contributed by atoms with E-state index in [1.807, 2.05) is 12.1 Å². The number of nitrogen functional groups attached to an aromatic ring is 2. The van der Waals surface area contributed by atoms with Gasteiger partial charge in [-0.05, 0) is 12.1 Å². The fourth-order valence-corrected chi connectivity index (χ4v) is 1.13. The van der Waals surface area contributed by atoms with Crippen LogP contribution in [0.15, 0.2) is 24.3 Å². The highest BCUT2D eigenvalue weighted by Gasteiger charge is 2.29. The lowest BCUT2D eigenvalue weighted by molar-refractivity contribution is -0.136. The van der Waals surface area contributed by atoms with E-state index < -0.39 is 31.0 Å². The van der Waals surface area contributed by atoms with E-state index in [0.717, 1.165) is 0 Å². The number of hydrogen-bond donors (Lipinski definition) is 7. The second-order valence-corrected chi connectivity index (χ2v) is 3.99. The van der Waals surface area contributed by atoms with Crippen molar-refractivity contribution in [2.45, 2.75) is 24.4 Å². The van der Waals surface area contributed by atoms with Crippen molar-refractivity contribution in [1.82, 2.24) is 0 Å². The van der Waals surface area contributed by atoms with Crippen molar-refractivity contribution in [1.29, 1.82) is 0 Å². The Morgan fingerprint density at radius 2 is 1.45 bits per heavy atom. The molecular weight excluding hydrogens is 268 g/mol. The van der Waals surface area contributed by atoms with Gasteiger partial charge in [-0.1, -0.05) is 12.1 Å². The summed E-state index contributed by atoms with van der Waals surface area (Å²) in [4.78, 5) is 9.90. The van der Waals surface area contributed by atoms with Crippen molar-refractivity contribution in [3.8, 4) is 0 Å². The summed E-state index contributed by atoms with van der Waals surface area (Å²) >= 11 is 0. The van der Waals surface area contributed by atoms with Crippen LogP contribution in [0.25, 0.3) is 0 Å². The fraction of sp³-hybridized carbons (Fsp3) is 0.417. The molecule has 20 heavy (non-hydrogen) atoms. The van der Waals surface area contributed by atoms with Crippen LogP contribution < -0.4 is 11.5 Å². The van der Waals surface area contributed by atoms with Crippen molar-refractivity contribution in [2.75, 3.05) is 18.1 Å². The first-order chi connectivity index (χ1) is 9.34. The normalized spacial score (nSPS) is 16.2. The van der Waals surface area contributed by atoms with Gasteiger partial charge in [-0.15, -0.1) is 0 Å². The van der Waals surface area contributed by atoms with Gasteiger partial charge in [-0.25, -0.2) is 0 Å². The number of aldehydes is 1. The van der Waals surface area contributed by atoms with E-state index >= 15 is 0 Å². The first-order valence-corrected chi connectivity index (χ1v) is 5.73. The molecule has 0 bridgehead atoms. The third-order valence-corrected chi connectivity index (χ3v) is 2.42. The van der Waals surface area contributed by atoms with Crippen LogP contribution in [0.1, 0.15) is 0 Å². The Labute approximate surface area is 115 Å². The zero-order valence-electron chi connectivity index (χ0n) is 10.7. The van der Waals surface area contributed by atoms with Gasteiger partial charge in [0.15, 0.2) is 6.29 Å². The largest absolute Gasteiger partial charge is 0.397 e. The van der Waals surface area contributed by atoms with Gasteiger partial charge in [-0.2, -0.15) is 0 Å². The number of aliphatic hydroxyl groups excluding tert-OH is 5. The van der Waals surface area contributed by atoms with E-state index in [-0.39, 0.29) is 6.29 Å². The highest BCUT2D eigenvalue weighted by atomic mass is 16.4. The van der Waals surface area contributed by atoms with E-state index in [4.69, 9.17) is 37.0 Å². The highest BCUT2D eigenvalue weighted by Crippen LogP contribution is 2.10. The minimum Gasteiger partial charge on any atom is -0.397 e. The lowest BCUT2D eigenvalue weighted by atomic mass is 10.0. The number of hydrogen-bond acceptors (Lipinski definition) is 8. The van der Waals surface area contributed by atoms with Crippen molar-refractivity contribution in [3.05, 3.63) is 24.3 Å². The molecule has 1 rings (SSSR count). The third-order valence-electron chi connectivity index (χ3n) is 2.42. The molecule has 8 nitrogen and oxygen atoms in total. The van der Waals surface area contributed by atoms with Gasteiger partial charge < -0.3 is 41.8 Å². The van der Waals surface area contributed by atoms with Crippen LogP contribution in [-0.2, 0) is 4.79 Å². The summed E-state index contributed by atoms with van der Waals surface area (Å²) in [5.74, 6) is 0. The maximum Gasteiger partial charge on any atom is 0.151 e. The van der Waals surface area contributed by atoms with E-state index in [1.54, 1.807) is 12.1 Å². The van der Waals surface area contributed by atoms with Crippen LogP contribution in [-0.4, -0.2) is 62.8 Å². The Hall–Kier alpha value is -1.71. The molecule has 0 saturated carbocycles. The Morgan fingerprint density at radius 1 is 1.00 bits per heavy atom. The predicted molar refractivity (Wildman–Crippen MR) is 72.4 cm³/mol. The van der Waals surface area contributed by atoms with Gasteiger partial charge >= 0.3 is 0 Å². The molecule has 0 fully saturated rings. The predicted octanol–water partition coefficient (Wildman–Crippen LogP) is -2.53. The number of para-hydroxylation sites is 2. The zero-order valence-corrected chi connectivity index (χ0v) is 10.7. The number of carbonyl (C=O) groups is 1. The summed E-state index contributed by atoms with van der Waals surface area (Å²) in [5.41, 5.74) is 12.1. The number of anilines is 2. The van der Waals surface area contributed by atoms with Crippen LogP contribution >= 0.6 is 0 Å². The lowest BCUT2D eigenvalue weighted by Crippen LogP contribution is -2.46. The van der Waals surface area contributed by atoms with Gasteiger partial charge in [0.05, 0.1) is 18.0 Å². The summed E-state index contributed by atoms with van der Waals surface area (Å²) in [6, 6.07) is 7.25. The number of benzene rings is 1. The summed E-state index contributed by atoms with van der Waals surface area (Å²) in [6.45, 7) is -0.760.